The fourth-order valence-electron chi connectivity index (χ4n) is 2.67. The van der Waals surface area contributed by atoms with E-state index in [1.165, 1.54) is 0 Å². The number of carbonyl (C=O) groups is 2. The third kappa shape index (κ3) is 4.02. The molecule has 0 atom stereocenters. The summed E-state index contributed by atoms with van der Waals surface area (Å²) in [6, 6.07) is 12.5. The minimum absolute atomic E-state index is 0.0560. The standard InChI is InChI=1S/C19H19BrN2O3/c1-2-3-9-22-16-11-15(7-8-17(16)25-12-18(22)23)21-19(24)13-5-4-6-14(20)10-13/h4-8,10-11H,2-3,9,12H2,1H3,(H,21,24). The highest BCUT2D eigenvalue weighted by atomic mass is 79.9. The fourth-order valence-corrected chi connectivity index (χ4v) is 3.07. The van der Waals surface area contributed by atoms with Gasteiger partial charge in [-0.15, -0.1) is 0 Å². The molecule has 1 heterocycles. The normalized spacial score (nSPS) is 13.2. The molecule has 0 aliphatic carbocycles. The maximum Gasteiger partial charge on any atom is 0.265 e. The topological polar surface area (TPSA) is 58.6 Å². The summed E-state index contributed by atoms with van der Waals surface area (Å²) in [5.74, 6) is 0.400. The fraction of sp³-hybridized carbons (Fsp3) is 0.263. The van der Waals surface area contributed by atoms with Crippen LogP contribution in [0.25, 0.3) is 0 Å². The first-order valence-electron chi connectivity index (χ1n) is 8.22. The summed E-state index contributed by atoms with van der Waals surface area (Å²) >= 11 is 3.36. The molecule has 2 aromatic rings. The predicted octanol–water partition coefficient (Wildman–Crippen LogP) is 4.23. The molecule has 3 rings (SSSR count). The number of unbranched alkanes of at least 4 members (excludes halogenated alkanes) is 1. The van der Waals surface area contributed by atoms with Crippen molar-refractivity contribution in [2.45, 2.75) is 19.8 Å². The van der Waals surface area contributed by atoms with Crippen LogP contribution in [0.3, 0.4) is 0 Å². The molecule has 0 fully saturated rings. The molecule has 1 N–H and O–H groups in total. The maximum atomic E-state index is 12.4. The number of fused-ring (bicyclic) bond motifs is 1. The zero-order chi connectivity index (χ0) is 17.8. The summed E-state index contributed by atoms with van der Waals surface area (Å²) in [5, 5.41) is 2.87. The lowest BCUT2D eigenvalue weighted by molar-refractivity contribution is -0.121. The number of hydrogen-bond acceptors (Lipinski definition) is 3. The number of ether oxygens (including phenoxy) is 1. The van der Waals surface area contributed by atoms with Crippen LogP contribution in [0.4, 0.5) is 11.4 Å². The smallest absolute Gasteiger partial charge is 0.265 e. The average Bonchev–Trinajstić information content (AvgIpc) is 2.61. The Kier molecular flexibility index (Phi) is 5.38. The second-order valence-corrected chi connectivity index (χ2v) is 6.75. The Balaban J connectivity index is 1.83. The van der Waals surface area contributed by atoms with E-state index in [0.717, 1.165) is 17.3 Å². The molecule has 2 amide bonds. The number of carbonyl (C=O) groups excluding carboxylic acids is 2. The summed E-state index contributed by atoms with van der Waals surface area (Å²) in [5.41, 5.74) is 1.89. The molecule has 6 heteroatoms. The van der Waals surface area contributed by atoms with E-state index in [9.17, 15) is 9.59 Å². The molecule has 0 saturated heterocycles. The molecule has 1 aliphatic rings. The van der Waals surface area contributed by atoms with Crippen molar-refractivity contribution in [3.8, 4) is 5.75 Å². The van der Waals surface area contributed by atoms with E-state index in [4.69, 9.17) is 4.74 Å². The average molecular weight is 403 g/mol. The van der Waals surface area contributed by atoms with Gasteiger partial charge in [-0.05, 0) is 42.8 Å². The zero-order valence-electron chi connectivity index (χ0n) is 13.9. The second kappa shape index (κ2) is 7.70. The van der Waals surface area contributed by atoms with Gasteiger partial charge in [-0.3, -0.25) is 9.59 Å². The van der Waals surface area contributed by atoms with Crippen molar-refractivity contribution in [3.63, 3.8) is 0 Å². The van der Waals surface area contributed by atoms with E-state index in [2.05, 4.69) is 28.2 Å². The van der Waals surface area contributed by atoms with Gasteiger partial charge in [0.15, 0.2) is 6.61 Å². The van der Waals surface area contributed by atoms with Crippen LogP contribution < -0.4 is 15.0 Å². The van der Waals surface area contributed by atoms with Crippen LogP contribution in [0.15, 0.2) is 46.9 Å². The molecule has 25 heavy (non-hydrogen) atoms. The first-order valence-corrected chi connectivity index (χ1v) is 9.02. The third-order valence-electron chi connectivity index (χ3n) is 3.98. The van der Waals surface area contributed by atoms with Gasteiger partial charge in [-0.1, -0.05) is 35.3 Å². The van der Waals surface area contributed by atoms with Crippen LogP contribution in [0.2, 0.25) is 0 Å². The first kappa shape index (κ1) is 17.5. The molecule has 0 saturated carbocycles. The summed E-state index contributed by atoms with van der Waals surface area (Å²) < 4.78 is 6.34. The number of nitrogens with one attached hydrogen (secondary N) is 1. The van der Waals surface area contributed by atoms with Gasteiger partial charge in [0.2, 0.25) is 0 Å². The quantitative estimate of drug-likeness (QED) is 0.813. The number of hydrogen-bond donors (Lipinski definition) is 1. The summed E-state index contributed by atoms with van der Waals surface area (Å²) in [4.78, 5) is 26.3. The summed E-state index contributed by atoms with van der Waals surface area (Å²) in [6.07, 6.45) is 1.92. The third-order valence-corrected chi connectivity index (χ3v) is 4.48. The Morgan fingerprint density at radius 1 is 1.28 bits per heavy atom. The highest BCUT2D eigenvalue weighted by Gasteiger charge is 2.25. The van der Waals surface area contributed by atoms with E-state index in [-0.39, 0.29) is 18.4 Å². The highest BCUT2D eigenvalue weighted by Crippen LogP contribution is 2.35. The van der Waals surface area contributed by atoms with Crippen molar-refractivity contribution in [2.24, 2.45) is 0 Å². The van der Waals surface area contributed by atoms with E-state index in [1.54, 1.807) is 35.2 Å². The number of rotatable bonds is 5. The molecule has 0 unspecified atom stereocenters. The minimum atomic E-state index is -0.204. The van der Waals surface area contributed by atoms with Crippen LogP contribution in [0.1, 0.15) is 30.1 Å². The van der Waals surface area contributed by atoms with Crippen LogP contribution >= 0.6 is 15.9 Å². The number of anilines is 2. The van der Waals surface area contributed by atoms with Gasteiger partial charge < -0.3 is 15.0 Å². The molecule has 0 bridgehead atoms. The van der Waals surface area contributed by atoms with E-state index < -0.39 is 0 Å². The molecule has 0 radical (unpaired) electrons. The molecule has 0 spiro atoms. The van der Waals surface area contributed by atoms with Crippen molar-refractivity contribution in [1.29, 1.82) is 0 Å². The Bertz CT molecular complexity index is 807. The summed E-state index contributed by atoms with van der Waals surface area (Å²) in [6.45, 7) is 2.79. The van der Waals surface area contributed by atoms with Crippen LogP contribution in [-0.4, -0.2) is 25.0 Å². The minimum Gasteiger partial charge on any atom is -0.482 e. The molecule has 0 aromatic heterocycles. The lowest BCUT2D eigenvalue weighted by Gasteiger charge is -2.29. The van der Waals surface area contributed by atoms with E-state index in [1.807, 2.05) is 12.1 Å². The van der Waals surface area contributed by atoms with Crippen LogP contribution in [0.5, 0.6) is 5.75 Å². The van der Waals surface area contributed by atoms with Gasteiger partial charge in [0, 0.05) is 22.3 Å². The van der Waals surface area contributed by atoms with Crippen LogP contribution in [0, 0.1) is 0 Å². The number of nitrogens with zero attached hydrogens (tertiary/aromatic N) is 1. The van der Waals surface area contributed by atoms with Crippen molar-refractivity contribution < 1.29 is 14.3 Å². The maximum absolute atomic E-state index is 12.4. The number of amides is 2. The monoisotopic (exact) mass is 402 g/mol. The lowest BCUT2D eigenvalue weighted by Crippen LogP contribution is -2.39. The van der Waals surface area contributed by atoms with Gasteiger partial charge in [0.25, 0.3) is 11.8 Å². The Morgan fingerprint density at radius 2 is 2.12 bits per heavy atom. The van der Waals surface area contributed by atoms with E-state index >= 15 is 0 Å². The summed E-state index contributed by atoms with van der Waals surface area (Å²) in [7, 11) is 0. The van der Waals surface area contributed by atoms with Gasteiger partial charge in [-0.2, -0.15) is 0 Å². The first-order chi connectivity index (χ1) is 12.1. The van der Waals surface area contributed by atoms with Gasteiger partial charge in [0.1, 0.15) is 5.75 Å². The molecular formula is C19H19BrN2O3. The van der Waals surface area contributed by atoms with Crippen molar-refractivity contribution >= 4 is 39.1 Å². The SMILES string of the molecule is CCCCN1C(=O)COc2ccc(NC(=O)c3cccc(Br)c3)cc21. The Morgan fingerprint density at radius 3 is 2.88 bits per heavy atom. The Hall–Kier alpha value is -2.34. The number of benzene rings is 2. The van der Waals surface area contributed by atoms with Crippen molar-refractivity contribution in [2.75, 3.05) is 23.4 Å². The molecule has 130 valence electrons. The van der Waals surface area contributed by atoms with E-state index in [0.29, 0.717) is 29.2 Å². The molecule has 2 aromatic carbocycles. The van der Waals surface area contributed by atoms with Crippen LogP contribution in [-0.2, 0) is 4.79 Å². The largest absolute Gasteiger partial charge is 0.482 e. The second-order valence-electron chi connectivity index (χ2n) is 5.83. The van der Waals surface area contributed by atoms with Crippen molar-refractivity contribution in [1.82, 2.24) is 0 Å². The molecule has 1 aliphatic heterocycles. The lowest BCUT2D eigenvalue weighted by atomic mass is 10.1. The highest BCUT2D eigenvalue weighted by molar-refractivity contribution is 9.10. The molecule has 5 nitrogen and oxygen atoms in total. The van der Waals surface area contributed by atoms with Gasteiger partial charge >= 0.3 is 0 Å². The van der Waals surface area contributed by atoms with Gasteiger partial charge in [-0.25, -0.2) is 0 Å². The van der Waals surface area contributed by atoms with Crippen molar-refractivity contribution in [3.05, 3.63) is 52.5 Å². The zero-order valence-corrected chi connectivity index (χ0v) is 15.5. The van der Waals surface area contributed by atoms with Gasteiger partial charge in [0.05, 0.1) is 5.69 Å². The Labute approximate surface area is 155 Å². The number of halogens is 1. The predicted molar refractivity (Wildman–Crippen MR) is 101 cm³/mol. The molecular weight excluding hydrogens is 384 g/mol.